The number of nitrogens with one attached hydrogen (secondary N) is 2. The van der Waals surface area contributed by atoms with Crippen LogP contribution in [0.4, 0.5) is 10.1 Å². The Kier molecular flexibility index (Phi) is 5.84. The number of amides is 1. The molecule has 1 aromatic rings. The highest BCUT2D eigenvalue weighted by molar-refractivity contribution is 5.98. The Labute approximate surface area is 121 Å². The SMILES string of the molecule is Cl.O=C(NCC1CCCN1)c1ccc(F)cc1[N+](=O)[O-]. The number of carbonyl (C=O) groups excluding carboxylic acids is 1. The predicted octanol–water partition coefficient (Wildman–Crippen LogP) is 1.64. The summed E-state index contributed by atoms with van der Waals surface area (Å²) in [7, 11) is 0. The summed E-state index contributed by atoms with van der Waals surface area (Å²) in [5.74, 6) is -1.29. The highest BCUT2D eigenvalue weighted by Gasteiger charge is 2.22. The molecule has 20 heavy (non-hydrogen) atoms. The van der Waals surface area contributed by atoms with Crippen LogP contribution in [0.1, 0.15) is 23.2 Å². The first-order valence-corrected chi connectivity index (χ1v) is 6.03. The van der Waals surface area contributed by atoms with Gasteiger partial charge in [-0.2, -0.15) is 0 Å². The molecule has 1 atom stereocenters. The lowest BCUT2D eigenvalue weighted by atomic mass is 10.1. The monoisotopic (exact) mass is 303 g/mol. The maximum absolute atomic E-state index is 13.0. The van der Waals surface area contributed by atoms with Crippen molar-refractivity contribution < 1.29 is 14.1 Å². The van der Waals surface area contributed by atoms with Gasteiger partial charge in [0, 0.05) is 12.6 Å². The quantitative estimate of drug-likeness (QED) is 0.654. The fourth-order valence-corrected chi connectivity index (χ4v) is 2.09. The minimum absolute atomic E-state index is 0. The van der Waals surface area contributed by atoms with E-state index < -0.39 is 22.3 Å². The summed E-state index contributed by atoms with van der Waals surface area (Å²) in [6, 6.07) is 3.12. The summed E-state index contributed by atoms with van der Waals surface area (Å²) in [4.78, 5) is 21.9. The van der Waals surface area contributed by atoms with E-state index in [1.165, 1.54) is 0 Å². The molecule has 0 spiro atoms. The van der Waals surface area contributed by atoms with Gasteiger partial charge in [-0.3, -0.25) is 14.9 Å². The fourth-order valence-electron chi connectivity index (χ4n) is 2.09. The topological polar surface area (TPSA) is 84.3 Å². The highest BCUT2D eigenvalue weighted by Crippen LogP contribution is 2.19. The minimum atomic E-state index is -0.758. The molecule has 0 aromatic heterocycles. The van der Waals surface area contributed by atoms with Gasteiger partial charge in [-0.25, -0.2) is 4.39 Å². The van der Waals surface area contributed by atoms with Crippen molar-refractivity contribution in [3.63, 3.8) is 0 Å². The van der Waals surface area contributed by atoms with E-state index in [1.54, 1.807) is 0 Å². The number of hydrogen-bond donors (Lipinski definition) is 2. The Morgan fingerprint density at radius 3 is 2.90 bits per heavy atom. The molecule has 6 nitrogen and oxygen atoms in total. The zero-order valence-electron chi connectivity index (χ0n) is 10.6. The van der Waals surface area contributed by atoms with Gasteiger partial charge in [0.05, 0.1) is 11.0 Å². The molecule has 0 aliphatic carbocycles. The van der Waals surface area contributed by atoms with Crippen LogP contribution in [0.2, 0.25) is 0 Å². The fraction of sp³-hybridized carbons (Fsp3) is 0.417. The number of hydrogen-bond acceptors (Lipinski definition) is 4. The molecule has 0 bridgehead atoms. The standard InChI is InChI=1S/C12H14FN3O3.ClH/c13-8-3-4-10(11(6-8)16(18)19)12(17)15-7-9-2-1-5-14-9;/h3-4,6,9,14H,1-2,5,7H2,(H,15,17);1H. The zero-order valence-corrected chi connectivity index (χ0v) is 11.4. The second-order valence-electron chi connectivity index (χ2n) is 4.42. The molecule has 1 amide bonds. The van der Waals surface area contributed by atoms with Crippen molar-refractivity contribution in [2.75, 3.05) is 13.1 Å². The van der Waals surface area contributed by atoms with E-state index >= 15 is 0 Å². The number of nitrogens with zero attached hydrogens (tertiary/aromatic N) is 1. The summed E-state index contributed by atoms with van der Waals surface area (Å²) in [5.41, 5.74) is -0.638. The predicted molar refractivity (Wildman–Crippen MR) is 73.7 cm³/mol. The second kappa shape index (κ2) is 7.16. The van der Waals surface area contributed by atoms with Gasteiger partial charge < -0.3 is 10.6 Å². The molecule has 1 saturated heterocycles. The van der Waals surface area contributed by atoms with Crippen molar-refractivity contribution in [2.45, 2.75) is 18.9 Å². The smallest absolute Gasteiger partial charge is 0.285 e. The van der Waals surface area contributed by atoms with Crippen LogP contribution in [0, 0.1) is 15.9 Å². The van der Waals surface area contributed by atoms with Crippen LogP contribution >= 0.6 is 12.4 Å². The molecule has 1 heterocycles. The summed E-state index contributed by atoms with van der Waals surface area (Å²) in [6.45, 7) is 1.32. The molecule has 1 unspecified atom stereocenters. The van der Waals surface area contributed by atoms with Gasteiger partial charge in [-0.05, 0) is 31.5 Å². The maximum Gasteiger partial charge on any atom is 0.285 e. The van der Waals surface area contributed by atoms with Crippen molar-refractivity contribution in [2.24, 2.45) is 0 Å². The van der Waals surface area contributed by atoms with Gasteiger partial charge in [0.2, 0.25) is 0 Å². The van der Waals surface area contributed by atoms with E-state index in [0.717, 1.165) is 37.6 Å². The van der Waals surface area contributed by atoms with E-state index in [-0.39, 0.29) is 24.0 Å². The third kappa shape index (κ3) is 3.88. The zero-order chi connectivity index (χ0) is 13.8. The Morgan fingerprint density at radius 2 is 2.30 bits per heavy atom. The number of nitro benzene ring substituents is 1. The summed E-state index contributed by atoms with van der Waals surface area (Å²) in [6.07, 6.45) is 2.02. The molecule has 0 radical (unpaired) electrons. The summed E-state index contributed by atoms with van der Waals surface area (Å²) >= 11 is 0. The molecule has 1 fully saturated rings. The van der Waals surface area contributed by atoms with E-state index in [2.05, 4.69) is 10.6 Å². The average molecular weight is 304 g/mol. The number of benzene rings is 1. The number of halogens is 2. The minimum Gasteiger partial charge on any atom is -0.350 e. The average Bonchev–Trinajstić information content (AvgIpc) is 2.88. The van der Waals surface area contributed by atoms with E-state index in [0.29, 0.717) is 6.54 Å². The Morgan fingerprint density at radius 1 is 1.55 bits per heavy atom. The van der Waals surface area contributed by atoms with Gasteiger partial charge in [-0.1, -0.05) is 0 Å². The molecule has 110 valence electrons. The van der Waals surface area contributed by atoms with Crippen LogP contribution in [0.25, 0.3) is 0 Å². The van der Waals surface area contributed by atoms with E-state index in [1.807, 2.05) is 0 Å². The van der Waals surface area contributed by atoms with Crippen LogP contribution < -0.4 is 10.6 Å². The Bertz CT molecular complexity index is 507. The number of carbonyl (C=O) groups is 1. The van der Waals surface area contributed by atoms with Crippen molar-refractivity contribution in [1.82, 2.24) is 10.6 Å². The Hall–Kier alpha value is -1.73. The van der Waals surface area contributed by atoms with Gasteiger partial charge in [0.25, 0.3) is 11.6 Å². The molecule has 2 N–H and O–H groups in total. The first-order chi connectivity index (χ1) is 9.08. The number of rotatable bonds is 4. The molecule has 1 aliphatic rings. The first kappa shape index (κ1) is 16.3. The van der Waals surface area contributed by atoms with Crippen LogP contribution in [0.15, 0.2) is 18.2 Å². The second-order valence-corrected chi connectivity index (χ2v) is 4.42. The summed E-state index contributed by atoms with van der Waals surface area (Å²) in [5, 5.41) is 16.6. The molecule has 2 rings (SSSR count). The first-order valence-electron chi connectivity index (χ1n) is 6.03. The van der Waals surface area contributed by atoms with Crippen molar-refractivity contribution in [1.29, 1.82) is 0 Å². The van der Waals surface area contributed by atoms with Gasteiger partial charge in [-0.15, -0.1) is 12.4 Å². The van der Waals surface area contributed by atoms with Crippen molar-refractivity contribution in [3.8, 4) is 0 Å². The normalized spacial score (nSPS) is 17.4. The van der Waals surface area contributed by atoms with Crippen LogP contribution in [-0.2, 0) is 0 Å². The number of nitro groups is 1. The molecule has 0 saturated carbocycles. The lowest BCUT2D eigenvalue weighted by molar-refractivity contribution is -0.385. The third-order valence-corrected chi connectivity index (χ3v) is 3.07. The van der Waals surface area contributed by atoms with Gasteiger partial charge in [0.1, 0.15) is 11.4 Å². The van der Waals surface area contributed by atoms with Crippen molar-refractivity contribution in [3.05, 3.63) is 39.7 Å². The third-order valence-electron chi connectivity index (χ3n) is 3.07. The molecule has 1 aromatic carbocycles. The van der Waals surface area contributed by atoms with Crippen LogP contribution in [-0.4, -0.2) is 30.0 Å². The van der Waals surface area contributed by atoms with Crippen LogP contribution in [0.3, 0.4) is 0 Å². The molecular weight excluding hydrogens is 289 g/mol. The van der Waals surface area contributed by atoms with E-state index in [4.69, 9.17) is 0 Å². The highest BCUT2D eigenvalue weighted by atomic mass is 35.5. The van der Waals surface area contributed by atoms with Crippen molar-refractivity contribution >= 4 is 24.0 Å². The lowest BCUT2D eigenvalue weighted by Gasteiger charge is -2.11. The van der Waals surface area contributed by atoms with E-state index in [9.17, 15) is 19.3 Å². The molecular formula is C12H15ClFN3O3. The molecule has 8 heteroatoms. The van der Waals surface area contributed by atoms with Gasteiger partial charge >= 0.3 is 0 Å². The largest absolute Gasteiger partial charge is 0.350 e. The van der Waals surface area contributed by atoms with Crippen LogP contribution in [0.5, 0.6) is 0 Å². The molecule has 1 aliphatic heterocycles. The van der Waals surface area contributed by atoms with Gasteiger partial charge in [0.15, 0.2) is 0 Å². The maximum atomic E-state index is 13.0. The summed E-state index contributed by atoms with van der Waals surface area (Å²) < 4.78 is 13.0. The Balaban J connectivity index is 0.00000200. The lowest BCUT2D eigenvalue weighted by Crippen LogP contribution is -2.37.